The van der Waals surface area contributed by atoms with Crippen molar-refractivity contribution in [3.8, 4) is 0 Å². The summed E-state index contributed by atoms with van der Waals surface area (Å²) in [5, 5.41) is 5.52. The molecule has 1 aliphatic rings. The fourth-order valence-corrected chi connectivity index (χ4v) is 10.5. The molecule has 4 amide bonds. The smallest absolute Gasteiger partial charge is 0.408 e. The Morgan fingerprint density at radius 2 is 1.01 bits per heavy atom. The summed E-state index contributed by atoms with van der Waals surface area (Å²) < 4.78 is 70.6. The lowest BCUT2D eigenvalue weighted by atomic mass is 10.0. The molecule has 0 fully saturated rings. The molecule has 21 heteroatoms. The summed E-state index contributed by atoms with van der Waals surface area (Å²) >= 11 is 1.08. The van der Waals surface area contributed by atoms with Crippen LogP contribution in [0.1, 0.15) is 36.1 Å². The number of nitrogens with one attached hydrogen (secondary N) is 2. The third kappa shape index (κ3) is 13.6. The van der Waals surface area contributed by atoms with Crippen molar-refractivity contribution in [1.29, 1.82) is 0 Å². The average molecular weight is 1120 g/mol. The Labute approximate surface area is 466 Å². The van der Waals surface area contributed by atoms with Crippen molar-refractivity contribution in [1.82, 2.24) is 19.8 Å². The molecule has 10 rings (SSSR count). The van der Waals surface area contributed by atoms with Crippen LogP contribution in [0.25, 0.3) is 22.2 Å². The van der Waals surface area contributed by atoms with Gasteiger partial charge in [0, 0.05) is 43.0 Å². The van der Waals surface area contributed by atoms with E-state index in [-0.39, 0.29) is 57.8 Å². The fourth-order valence-electron chi connectivity index (χ4n) is 9.43. The molecule has 1 atom stereocenters. The number of para-hydroxylation sites is 2. The Morgan fingerprint density at radius 1 is 0.556 bits per heavy atom. The van der Waals surface area contributed by atoms with E-state index < -0.39 is 64.5 Å². The lowest BCUT2D eigenvalue weighted by Gasteiger charge is -2.28. The highest BCUT2D eigenvalue weighted by atomic mass is 32.2. The third-order valence-electron chi connectivity index (χ3n) is 13.1. The molecule has 7 aromatic carbocycles. The first-order valence-electron chi connectivity index (χ1n) is 25.8. The first-order valence-corrected chi connectivity index (χ1v) is 26.5. The van der Waals surface area contributed by atoms with Crippen LogP contribution in [0, 0.1) is 30.2 Å². The van der Waals surface area contributed by atoms with Gasteiger partial charge in [-0.3, -0.25) is 36.9 Å². The van der Waals surface area contributed by atoms with Crippen molar-refractivity contribution in [3.05, 3.63) is 224 Å². The number of hydrogen-bond acceptors (Lipinski definition) is 11. The lowest BCUT2D eigenvalue weighted by molar-refractivity contribution is -0.126. The third-order valence-corrected chi connectivity index (χ3v) is 14.2. The molecule has 0 spiro atoms. The van der Waals surface area contributed by atoms with Crippen molar-refractivity contribution in [2.24, 2.45) is 0 Å². The number of carbonyl (C=O) groups is 4. The monoisotopic (exact) mass is 1120 g/mol. The second-order valence-electron chi connectivity index (χ2n) is 18.9. The number of benzene rings is 7. The molecule has 16 nitrogen and oxygen atoms in total. The van der Waals surface area contributed by atoms with E-state index in [9.17, 15) is 46.3 Å². The van der Waals surface area contributed by atoms with E-state index in [1.54, 1.807) is 90.0 Å². The summed E-state index contributed by atoms with van der Waals surface area (Å²) in [7, 11) is 0. The molecule has 2 aromatic heterocycles. The number of aryl methyl sites for hydroxylation is 1. The predicted octanol–water partition coefficient (Wildman–Crippen LogP) is 9.29. The minimum absolute atomic E-state index is 0.128. The number of rotatable bonds is 18. The molecule has 416 valence electrons. The maximum Gasteiger partial charge on any atom is 0.420 e. The molecule has 9 aromatic rings. The molecule has 2 N–H and O–H groups in total. The second kappa shape index (κ2) is 25.2. The van der Waals surface area contributed by atoms with Crippen LogP contribution >= 0.6 is 12.1 Å². The molecule has 0 saturated carbocycles. The molecular weight excluding hydrogens is 1070 g/mol. The van der Waals surface area contributed by atoms with Gasteiger partial charge in [-0.2, -0.15) is 0 Å². The number of aromatic nitrogens is 2. The Hall–Kier alpha value is -9.37. The zero-order chi connectivity index (χ0) is 57.3. The topological polar surface area (TPSA) is 176 Å². The van der Waals surface area contributed by atoms with Crippen LogP contribution in [-0.2, 0) is 38.7 Å². The number of hydrogen-bond donors (Lipinski definition) is 2. The standard InChI is InChI=1S/C53H48F2N8O8S.C7H6F2/c1-3-58(39-19-21-46-44(27-39)60(52(68)70-46)30-34-13-7-5-8-14-34)50(66)29-56-48(64)32-62-42-17-11-12-18-43(42)63(72-62)33-49(65)57-41(25-36-23-37(54)26-38(55)24-36)51(67)59(4-2)40-20-22-47-45(28-40)61(53(69)71-47)31-35-15-9-6-10-16-35;1-5-2-6(8)4-7(9)3-5/h5-24,26-28,41H,3-4,25,29-33H2,1-2H3,(H,56,64)(H,57,65);2-4H,1H3. The van der Waals surface area contributed by atoms with Gasteiger partial charge in [-0.15, -0.1) is 0 Å². The Bertz CT molecular complexity index is 3820. The molecule has 1 unspecified atom stereocenters. The van der Waals surface area contributed by atoms with E-state index in [4.69, 9.17) is 8.83 Å². The maximum absolute atomic E-state index is 14.6. The number of nitrogens with zero attached hydrogens (tertiary/aromatic N) is 6. The maximum atomic E-state index is 14.6. The van der Waals surface area contributed by atoms with Crippen molar-refractivity contribution in [2.75, 3.05) is 51.1 Å². The van der Waals surface area contributed by atoms with Gasteiger partial charge in [-0.25, -0.2) is 27.2 Å². The van der Waals surface area contributed by atoms with E-state index in [0.717, 1.165) is 47.5 Å². The van der Waals surface area contributed by atoms with Crippen molar-refractivity contribution in [3.63, 3.8) is 0 Å². The highest BCUT2D eigenvalue weighted by molar-refractivity contribution is 8.02. The summed E-state index contributed by atoms with van der Waals surface area (Å²) in [5.41, 5.74) is 6.25. The normalized spacial score (nSPS) is 12.2. The number of carbonyl (C=O) groups excluding carboxylic acids is 4. The Kier molecular flexibility index (Phi) is 17.5. The summed E-state index contributed by atoms with van der Waals surface area (Å²) in [5.74, 6) is -5.90. The van der Waals surface area contributed by atoms with Crippen LogP contribution in [-0.4, -0.2) is 71.5 Å². The van der Waals surface area contributed by atoms with Gasteiger partial charge in [0.1, 0.15) is 42.4 Å². The van der Waals surface area contributed by atoms with E-state index in [1.165, 1.54) is 31.1 Å². The van der Waals surface area contributed by atoms with E-state index in [2.05, 4.69) is 10.6 Å². The van der Waals surface area contributed by atoms with Gasteiger partial charge in [-0.1, -0.05) is 72.8 Å². The van der Waals surface area contributed by atoms with E-state index in [1.807, 2.05) is 60.7 Å². The highest BCUT2D eigenvalue weighted by Gasteiger charge is 2.33. The first kappa shape index (κ1) is 56.4. The quantitative estimate of drug-likeness (QED) is 0.0619. The summed E-state index contributed by atoms with van der Waals surface area (Å²) in [6.45, 7) is 5.23. The Morgan fingerprint density at radius 3 is 1.49 bits per heavy atom. The van der Waals surface area contributed by atoms with Crippen molar-refractivity contribution < 1.29 is 45.6 Å². The number of halogens is 4. The van der Waals surface area contributed by atoms with Crippen molar-refractivity contribution in [2.45, 2.75) is 46.3 Å². The molecule has 1 aliphatic heterocycles. The predicted molar refractivity (Wildman–Crippen MR) is 303 cm³/mol. The summed E-state index contributed by atoms with van der Waals surface area (Å²) in [6.07, 6.45) is -0.264. The summed E-state index contributed by atoms with van der Waals surface area (Å²) in [6, 6.07) is 40.8. The van der Waals surface area contributed by atoms with Gasteiger partial charge in [0.25, 0.3) is 0 Å². The minimum Gasteiger partial charge on any atom is -0.408 e. The van der Waals surface area contributed by atoms with Crippen LogP contribution in [0.4, 0.5) is 40.3 Å². The van der Waals surface area contributed by atoms with Gasteiger partial charge in [0.15, 0.2) is 11.2 Å². The van der Waals surface area contributed by atoms with Crippen LogP contribution in [0.15, 0.2) is 176 Å². The number of oxazole rings is 2. The average Bonchev–Trinajstić information content (AvgIpc) is 4.07. The Balaban J connectivity index is 0.000000802. The van der Waals surface area contributed by atoms with Crippen LogP contribution in [0.2, 0.25) is 0 Å². The summed E-state index contributed by atoms with van der Waals surface area (Å²) in [4.78, 5) is 84.5. The largest absolute Gasteiger partial charge is 0.420 e. The van der Waals surface area contributed by atoms with Crippen LogP contribution in [0.5, 0.6) is 0 Å². The van der Waals surface area contributed by atoms with Gasteiger partial charge in [0.05, 0.1) is 54.2 Å². The van der Waals surface area contributed by atoms with E-state index in [0.29, 0.717) is 50.5 Å². The van der Waals surface area contributed by atoms with Gasteiger partial charge < -0.3 is 29.3 Å². The van der Waals surface area contributed by atoms with Crippen LogP contribution < -0.4 is 40.6 Å². The van der Waals surface area contributed by atoms with Gasteiger partial charge >= 0.3 is 11.5 Å². The minimum atomic E-state index is -1.31. The molecule has 81 heavy (non-hydrogen) atoms. The molecule has 0 bridgehead atoms. The fraction of sp³-hybridized carbons (Fsp3) is 0.200. The second-order valence-corrected chi connectivity index (χ2v) is 19.9. The number of fused-ring (bicyclic) bond motifs is 3. The number of anilines is 4. The molecule has 0 radical (unpaired) electrons. The SMILES string of the molecule is CCN(C(=O)CNC(=O)CN1SN(CC(=O)NC(Cc2cc(F)cc(F)c2)C(=O)N(CC)c2ccc3oc(=O)n(Cc4ccccc4)c3c2)c2ccccc21)c1ccc2oc(=O)n(Cc3ccccc3)c2c1.Cc1cc(F)cc(F)c1. The number of amides is 4. The van der Waals surface area contributed by atoms with Gasteiger partial charge in [-0.05, 0) is 116 Å². The van der Waals surface area contributed by atoms with E-state index >= 15 is 0 Å². The van der Waals surface area contributed by atoms with Crippen molar-refractivity contribution >= 4 is 80.7 Å². The molecular formula is C60H54F4N8O8S. The van der Waals surface area contributed by atoms with Crippen LogP contribution in [0.3, 0.4) is 0 Å². The lowest BCUT2D eigenvalue weighted by Crippen LogP contribution is -2.51. The van der Waals surface area contributed by atoms with Gasteiger partial charge in [0.2, 0.25) is 23.6 Å². The molecule has 0 saturated heterocycles. The zero-order valence-electron chi connectivity index (χ0n) is 44.1. The zero-order valence-corrected chi connectivity index (χ0v) is 44.9. The molecule has 3 heterocycles. The highest BCUT2D eigenvalue weighted by Crippen LogP contribution is 2.44. The first-order chi connectivity index (χ1) is 39.0. The number of likely N-dealkylation sites (N-methyl/N-ethyl adjacent to an activating group) is 2. The molecule has 0 aliphatic carbocycles.